The Labute approximate surface area is 168 Å². The van der Waals surface area contributed by atoms with E-state index in [0.717, 1.165) is 25.7 Å². The molecule has 1 heterocycles. The largest absolute Gasteiger partial charge is 0.451 e. The first kappa shape index (κ1) is 20.5. The standard InChI is InChI=1S/C21H24N4O4/c1-2-3-12-25-19(27)16-9-5-4-8-15(16)18(24-25)20(28)29-13-17(26)23-21(14-22)10-6-7-11-21/h4-5,8-9H,2-3,6-7,10-13H2,1H3,(H,23,26). The Morgan fingerprint density at radius 3 is 2.62 bits per heavy atom. The van der Waals surface area contributed by atoms with Crippen LogP contribution in [0.4, 0.5) is 0 Å². The van der Waals surface area contributed by atoms with Gasteiger partial charge in [0.15, 0.2) is 12.3 Å². The van der Waals surface area contributed by atoms with Crippen LogP contribution in [0, 0.1) is 11.3 Å². The van der Waals surface area contributed by atoms with Gasteiger partial charge in [0.2, 0.25) is 0 Å². The molecule has 1 aliphatic rings. The molecule has 1 aliphatic carbocycles. The summed E-state index contributed by atoms with van der Waals surface area (Å²) < 4.78 is 6.43. The number of benzene rings is 1. The van der Waals surface area contributed by atoms with Crippen LogP contribution < -0.4 is 10.9 Å². The molecule has 0 bridgehead atoms. The highest BCUT2D eigenvalue weighted by molar-refractivity contribution is 6.02. The second kappa shape index (κ2) is 8.86. The molecular formula is C21H24N4O4. The third-order valence-corrected chi connectivity index (χ3v) is 5.17. The Morgan fingerprint density at radius 2 is 1.97 bits per heavy atom. The Balaban J connectivity index is 1.78. The zero-order chi connectivity index (χ0) is 20.9. The number of carbonyl (C=O) groups excluding carboxylic acids is 2. The highest BCUT2D eigenvalue weighted by Gasteiger charge is 2.35. The Hall–Kier alpha value is -3.21. The van der Waals surface area contributed by atoms with Crippen molar-refractivity contribution in [3.05, 3.63) is 40.3 Å². The molecule has 0 radical (unpaired) electrons. The van der Waals surface area contributed by atoms with Crippen LogP contribution in [0.15, 0.2) is 29.1 Å². The smallest absolute Gasteiger partial charge is 0.359 e. The Bertz CT molecular complexity index is 1020. The molecule has 0 saturated heterocycles. The predicted molar refractivity (Wildman–Crippen MR) is 106 cm³/mol. The van der Waals surface area contributed by atoms with Crippen LogP contribution in [-0.2, 0) is 16.1 Å². The number of aromatic nitrogens is 2. The van der Waals surface area contributed by atoms with E-state index >= 15 is 0 Å². The fourth-order valence-electron chi connectivity index (χ4n) is 3.59. The SMILES string of the molecule is CCCCn1nc(C(=O)OCC(=O)NC2(C#N)CCCC2)c2ccccc2c1=O. The molecule has 1 saturated carbocycles. The van der Waals surface area contributed by atoms with Gasteiger partial charge >= 0.3 is 5.97 Å². The van der Waals surface area contributed by atoms with E-state index in [4.69, 9.17) is 4.74 Å². The summed E-state index contributed by atoms with van der Waals surface area (Å²) in [5, 5.41) is 17.0. The zero-order valence-electron chi connectivity index (χ0n) is 16.4. The molecular weight excluding hydrogens is 372 g/mol. The van der Waals surface area contributed by atoms with E-state index in [1.807, 2.05) is 6.92 Å². The maximum atomic E-state index is 12.6. The minimum Gasteiger partial charge on any atom is -0.451 e. The fourth-order valence-corrected chi connectivity index (χ4v) is 3.59. The lowest BCUT2D eigenvalue weighted by Crippen LogP contribution is -2.46. The first-order chi connectivity index (χ1) is 14.0. The molecule has 0 unspecified atom stereocenters. The number of hydrogen-bond acceptors (Lipinski definition) is 6. The monoisotopic (exact) mass is 396 g/mol. The van der Waals surface area contributed by atoms with Gasteiger partial charge in [-0.3, -0.25) is 9.59 Å². The van der Waals surface area contributed by atoms with Crippen molar-refractivity contribution < 1.29 is 14.3 Å². The van der Waals surface area contributed by atoms with Crippen LogP contribution in [0.5, 0.6) is 0 Å². The summed E-state index contributed by atoms with van der Waals surface area (Å²) in [5.74, 6) is -1.30. The first-order valence-corrected chi connectivity index (χ1v) is 9.89. The summed E-state index contributed by atoms with van der Waals surface area (Å²) in [6.45, 7) is 1.89. The second-order valence-corrected chi connectivity index (χ2v) is 7.30. The first-order valence-electron chi connectivity index (χ1n) is 9.89. The summed E-state index contributed by atoms with van der Waals surface area (Å²) in [5.41, 5.74) is -1.14. The number of fused-ring (bicyclic) bond motifs is 1. The van der Waals surface area contributed by atoms with Gasteiger partial charge in [0.25, 0.3) is 11.5 Å². The number of nitrogens with one attached hydrogen (secondary N) is 1. The summed E-state index contributed by atoms with van der Waals surface area (Å²) in [6.07, 6.45) is 4.57. The van der Waals surface area contributed by atoms with E-state index in [1.165, 1.54) is 4.68 Å². The molecule has 8 nitrogen and oxygen atoms in total. The number of rotatable bonds is 7. The van der Waals surface area contributed by atoms with Crippen LogP contribution >= 0.6 is 0 Å². The van der Waals surface area contributed by atoms with Crippen molar-refractivity contribution in [2.45, 2.75) is 57.5 Å². The van der Waals surface area contributed by atoms with Gasteiger partial charge in [-0.25, -0.2) is 9.48 Å². The number of aryl methyl sites for hydroxylation is 1. The summed E-state index contributed by atoms with van der Waals surface area (Å²) >= 11 is 0. The van der Waals surface area contributed by atoms with Crippen LogP contribution in [0.1, 0.15) is 55.9 Å². The number of nitrogens with zero attached hydrogens (tertiary/aromatic N) is 3. The molecule has 0 spiro atoms. The molecule has 2 aromatic rings. The van der Waals surface area contributed by atoms with Crippen molar-refractivity contribution in [1.29, 1.82) is 5.26 Å². The number of ether oxygens (including phenoxy) is 1. The number of unbranched alkanes of at least 4 members (excludes halogenated alkanes) is 1. The van der Waals surface area contributed by atoms with Crippen molar-refractivity contribution in [2.75, 3.05) is 6.61 Å². The van der Waals surface area contributed by atoms with Gasteiger partial charge in [-0.15, -0.1) is 0 Å². The molecule has 152 valence electrons. The molecule has 3 rings (SSSR count). The van der Waals surface area contributed by atoms with Crippen molar-refractivity contribution in [3.63, 3.8) is 0 Å². The van der Waals surface area contributed by atoms with Crippen LogP contribution in [0.25, 0.3) is 10.8 Å². The van der Waals surface area contributed by atoms with Gasteiger partial charge in [0.05, 0.1) is 11.5 Å². The third kappa shape index (κ3) is 4.45. The van der Waals surface area contributed by atoms with Crippen molar-refractivity contribution in [3.8, 4) is 6.07 Å². The predicted octanol–water partition coefficient (Wildman–Crippen LogP) is 2.31. The van der Waals surface area contributed by atoms with Crippen LogP contribution in [-0.4, -0.2) is 33.8 Å². The van der Waals surface area contributed by atoms with E-state index in [1.54, 1.807) is 24.3 Å². The normalized spacial score (nSPS) is 15.0. The number of esters is 1. The van der Waals surface area contributed by atoms with Gasteiger partial charge in [-0.1, -0.05) is 31.5 Å². The maximum Gasteiger partial charge on any atom is 0.359 e. The second-order valence-electron chi connectivity index (χ2n) is 7.30. The van der Waals surface area contributed by atoms with Crippen molar-refractivity contribution >= 4 is 22.6 Å². The lowest BCUT2D eigenvalue weighted by atomic mass is 10.00. The summed E-state index contributed by atoms with van der Waals surface area (Å²) in [6, 6.07) is 8.87. The quantitative estimate of drug-likeness (QED) is 0.718. The zero-order valence-corrected chi connectivity index (χ0v) is 16.4. The van der Waals surface area contributed by atoms with Crippen LogP contribution in [0.3, 0.4) is 0 Å². The number of hydrogen-bond donors (Lipinski definition) is 1. The molecule has 8 heteroatoms. The molecule has 0 atom stereocenters. The van der Waals surface area contributed by atoms with E-state index < -0.39 is 24.0 Å². The topological polar surface area (TPSA) is 114 Å². The van der Waals surface area contributed by atoms with Crippen molar-refractivity contribution in [2.24, 2.45) is 0 Å². The fraction of sp³-hybridized carbons (Fsp3) is 0.476. The lowest BCUT2D eigenvalue weighted by molar-refractivity contribution is -0.125. The highest BCUT2D eigenvalue weighted by atomic mass is 16.5. The molecule has 1 N–H and O–H groups in total. The number of amides is 1. The van der Waals surface area contributed by atoms with E-state index in [9.17, 15) is 19.6 Å². The van der Waals surface area contributed by atoms with Crippen molar-refractivity contribution in [1.82, 2.24) is 15.1 Å². The number of nitriles is 1. The van der Waals surface area contributed by atoms with Gasteiger partial charge in [0, 0.05) is 11.9 Å². The molecule has 1 aromatic heterocycles. The molecule has 1 amide bonds. The molecule has 0 aliphatic heterocycles. The Morgan fingerprint density at radius 1 is 1.28 bits per heavy atom. The summed E-state index contributed by atoms with van der Waals surface area (Å²) in [7, 11) is 0. The average Bonchev–Trinajstić information content (AvgIpc) is 3.20. The maximum absolute atomic E-state index is 12.6. The summed E-state index contributed by atoms with van der Waals surface area (Å²) in [4.78, 5) is 37.4. The molecule has 1 fully saturated rings. The van der Waals surface area contributed by atoms with Gasteiger partial charge in [-0.05, 0) is 38.2 Å². The van der Waals surface area contributed by atoms with Crippen LogP contribution in [0.2, 0.25) is 0 Å². The molecule has 1 aromatic carbocycles. The minimum atomic E-state index is -0.873. The Kier molecular flexibility index (Phi) is 6.27. The van der Waals surface area contributed by atoms with Gasteiger partial charge in [-0.2, -0.15) is 10.4 Å². The lowest BCUT2D eigenvalue weighted by Gasteiger charge is -2.21. The number of carbonyl (C=O) groups is 2. The van der Waals surface area contributed by atoms with Gasteiger partial charge < -0.3 is 10.1 Å². The molecule has 29 heavy (non-hydrogen) atoms. The minimum absolute atomic E-state index is 0.0000316. The third-order valence-electron chi connectivity index (χ3n) is 5.17. The highest BCUT2D eigenvalue weighted by Crippen LogP contribution is 2.28. The average molecular weight is 396 g/mol. The van der Waals surface area contributed by atoms with E-state index in [0.29, 0.717) is 30.2 Å². The van der Waals surface area contributed by atoms with E-state index in [-0.39, 0.29) is 11.3 Å². The van der Waals surface area contributed by atoms with Gasteiger partial charge in [0.1, 0.15) is 5.54 Å². The van der Waals surface area contributed by atoms with E-state index in [2.05, 4.69) is 16.5 Å².